The fourth-order valence-electron chi connectivity index (χ4n) is 2.16. The molecule has 1 aliphatic rings. The van der Waals surface area contributed by atoms with E-state index >= 15 is 0 Å². The molecule has 8 heteroatoms. The summed E-state index contributed by atoms with van der Waals surface area (Å²) in [5.41, 5.74) is -0.0417. The highest BCUT2D eigenvalue weighted by Crippen LogP contribution is 2.17. The monoisotopic (exact) mass is 393 g/mol. The molecule has 122 valence electrons. The molecule has 0 bridgehead atoms. The predicted molar refractivity (Wildman–Crippen MR) is 87.8 cm³/mol. The smallest absolute Gasteiger partial charge is 0.257 e. The molecule has 1 aromatic carbocycles. The van der Waals surface area contributed by atoms with Crippen LogP contribution in [0.25, 0.3) is 0 Å². The van der Waals surface area contributed by atoms with Gasteiger partial charge in [0.2, 0.25) is 5.91 Å². The van der Waals surface area contributed by atoms with E-state index < -0.39 is 11.7 Å². The fourth-order valence-corrected chi connectivity index (χ4v) is 2.52. The molecule has 2 amide bonds. The third-order valence-electron chi connectivity index (χ3n) is 3.35. The molecule has 1 aromatic rings. The van der Waals surface area contributed by atoms with Gasteiger partial charge < -0.3 is 15.1 Å². The number of amides is 2. The van der Waals surface area contributed by atoms with Gasteiger partial charge in [-0.1, -0.05) is 15.9 Å². The van der Waals surface area contributed by atoms with E-state index in [9.17, 15) is 14.0 Å². The van der Waals surface area contributed by atoms with Crippen LogP contribution >= 0.6 is 28.3 Å². The summed E-state index contributed by atoms with van der Waals surface area (Å²) in [6, 6.07) is 4.17. The summed E-state index contributed by atoms with van der Waals surface area (Å²) >= 11 is 3.21. The lowest BCUT2D eigenvalue weighted by Gasteiger charge is -2.29. The van der Waals surface area contributed by atoms with Gasteiger partial charge in [-0.2, -0.15) is 0 Å². The van der Waals surface area contributed by atoms with E-state index in [1.807, 2.05) is 0 Å². The van der Waals surface area contributed by atoms with E-state index in [1.165, 1.54) is 30.1 Å². The first-order valence-corrected chi connectivity index (χ1v) is 7.47. The minimum atomic E-state index is -0.593. The molecule has 1 fully saturated rings. The van der Waals surface area contributed by atoms with Crippen molar-refractivity contribution < 1.29 is 14.0 Å². The van der Waals surface area contributed by atoms with Crippen molar-refractivity contribution in [3.05, 3.63) is 34.1 Å². The van der Waals surface area contributed by atoms with E-state index in [2.05, 4.69) is 21.2 Å². The molecule has 0 aromatic heterocycles. The summed E-state index contributed by atoms with van der Waals surface area (Å²) < 4.78 is 14.3. The van der Waals surface area contributed by atoms with Gasteiger partial charge >= 0.3 is 0 Å². The number of benzene rings is 1. The van der Waals surface area contributed by atoms with Crippen molar-refractivity contribution in [1.29, 1.82) is 0 Å². The molecule has 1 saturated heterocycles. The number of hydrogen-bond donors (Lipinski definition) is 1. The fraction of sp³-hybridized carbons (Fsp3) is 0.429. The Kier molecular flexibility index (Phi) is 7.25. The van der Waals surface area contributed by atoms with Crippen LogP contribution in [0, 0.1) is 5.82 Å². The number of piperazine rings is 1. The summed E-state index contributed by atoms with van der Waals surface area (Å²) in [6.45, 7) is 2.72. The second-order valence-electron chi connectivity index (χ2n) is 4.92. The van der Waals surface area contributed by atoms with Crippen LogP contribution in [0.15, 0.2) is 22.7 Å². The Hall–Kier alpha value is -1.18. The molecule has 22 heavy (non-hydrogen) atoms. The highest BCUT2D eigenvalue weighted by atomic mass is 79.9. The van der Waals surface area contributed by atoms with E-state index in [1.54, 1.807) is 4.90 Å². The lowest BCUT2D eigenvalue weighted by atomic mass is 10.2. The Balaban J connectivity index is 0.00000242. The van der Waals surface area contributed by atoms with Crippen LogP contribution < -0.4 is 5.32 Å². The summed E-state index contributed by atoms with van der Waals surface area (Å²) in [4.78, 5) is 27.3. The molecule has 2 rings (SSSR count). The van der Waals surface area contributed by atoms with Gasteiger partial charge in [0, 0.05) is 37.7 Å². The number of nitrogens with zero attached hydrogens (tertiary/aromatic N) is 2. The van der Waals surface area contributed by atoms with Gasteiger partial charge in [0.25, 0.3) is 5.91 Å². The minimum absolute atomic E-state index is 0. The Bertz CT molecular complexity index is 553. The van der Waals surface area contributed by atoms with Crippen LogP contribution in [0.2, 0.25) is 0 Å². The number of carbonyl (C=O) groups excluding carboxylic acids is 2. The predicted octanol–water partition coefficient (Wildman–Crippen LogP) is 1.51. The molecule has 1 aliphatic heterocycles. The lowest BCUT2D eigenvalue weighted by molar-refractivity contribution is -0.132. The summed E-state index contributed by atoms with van der Waals surface area (Å²) in [5, 5.41) is 3.16. The standard InChI is InChI=1S/C14H17BrFN3O2.ClH/c1-18(9-13(20)19-6-4-17-5-7-19)14(21)11-8-10(15)2-3-12(11)16;/h2-3,8,17H,4-7,9H2,1H3;1H. The Morgan fingerprint density at radius 2 is 2.00 bits per heavy atom. The molecule has 0 spiro atoms. The molecule has 0 atom stereocenters. The third-order valence-corrected chi connectivity index (χ3v) is 3.84. The van der Waals surface area contributed by atoms with E-state index in [4.69, 9.17) is 0 Å². The molecule has 0 radical (unpaired) electrons. The van der Waals surface area contributed by atoms with Gasteiger partial charge in [0.1, 0.15) is 5.82 Å². The first kappa shape index (κ1) is 18.9. The van der Waals surface area contributed by atoms with Crippen LogP contribution in [0.5, 0.6) is 0 Å². The molecular formula is C14H18BrClFN3O2. The average molecular weight is 395 g/mol. The van der Waals surface area contributed by atoms with Crippen molar-refractivity contribution in [2.75, 3.05) is 39.8 Å². The molecule has 1 heterocycles. The number of hydrogen-bond acceptors (Lipinski definition) is 3. The topological polar surface area (TPSA) is 52.7 Å². The zero-order valence-corrected chi connectivity index (χ0v) is 14.5. The Labute approximate surface area is 143 Å². The van der Waals surface area contributed by atoms with Crippen LogP contribution in [0.3, 0.4) is 0 Å². The SMILES string of the molecule is CN(CC(=O)N1CCNCC1)C(=O)c1cc(Br)ccc1F.Cl. The van der Waals surface area contributed by atoms with Crippen LogP contribution in [-0.4, -0.2) is 61.4 Å². The van der Waals surface area contributed by atoms with Gasteiger partial charge in [-0.05, 0) is 18.2 Å². The van der Waals surface area contributed by atoms with Crippen LogP contribution in [0.1, 0.15) is 10.4 Å². The van der Waals surface area contributed by atoms with Gasteiger partial charge in [-0.3, -0.25) is 9.59 Å². The van der Waals surface area contributed by atoms with Gasteiger partial charge in [0.15, 0.2) is 0 Å². The molecule has 0 unspecified atom stereocenters. The van der Waals surface area contributed by atoms with Crippen LogP contribution in [0.4, 0.5) is 4.39 Å². The van der Waals surface area contributed by atoms with Crippen molar-refractivity contribution in [3.8, 4) is 0 Å². The van der Waals surface area contributed by atoms with Crippen molar-refractivity contribution in [3.63, 3.8) is 0 Å². The van der Waals surface area contributed by atoms with Gasteiger partial charge in [0.05, 0.1) is 12.1 Å². The third kappa shape index (κ3) is 4.66. The zero-order valence-electron chi connectivity index (χ0n) is 12.1. The molecule has 0 saturated carbocycles. The van der Waals surface area contributed by atoms with Crippen LogP contribution in [-0.2, 0) is 4.79 Å². The van der Waals surface area contributed by atoms with Crippen molar-refractivity contribution >= 4 is 40.2 Å². The first-order chi connectivity index (χ1) is 9.99. The maximum atomic E-state index is 13.7. The summed E-state index contributed by atoms with van der Waals surface area (Å²) in [6.07, 6.45) is 0. The molecule has 0 aliphatic carbocycles. The zero-order chi connectivity index (χ0) is 15.4. The number of rotatable bonds is 3. The summed E-state index contributed by atoms with van der Waals surface area (Å²) in [7, 11) is 1.50. The average Bonchev–Trinajstić information content (AvgIpc) is 2.49. The molecular weight excluding hydrogens is 377 g/mol. The number of halogens is 3. The van der Waals surface area contributed by atoms with Crippen molar-refractivity contribution in [2.45, 2.75) is 0 Å². The van der Waals surface area contributed by atoms with E-state index in [0.717, 1.165) is 13.1 Å². The number of carbonyl (C=O) groups is 2. The molecule has 5 nitrogen and oxygen atoms in total. The highest BCUT2D eigenvalue weighted by Gasteiger charge is 2.22. The van der Waals surface area contributed by atoms with Gasteiger partial charge in [-0.15, -0.1) is 12.4 Å². The quantitative estimate of drug-likeness (QED) is 0.846. The lowest BCUT2D eigenvalue weighted by Crippen LogP contribution is -2.49. The Morgan fingerprint density at radius 1 is 1.36 bits per heavy atom. The highest BCUT2D eigenvalue weighted by molar-refractivity contribution is 9.10. The number of likely N-dealkylation sites (N-methyl/N-ethyl adjacent to an activating group) is 1. The first-order valence-electron chi connectivity index (χ1n) is 6.68. The van der Waals surface area contributed by atoms with Gasteiger partial charge in [-0.25, -0.2) is 4.39 Å². The minimum Gasteiger partial charge on any atom is -0.339 e. The maximum Gasteiger partial charge on any atom is 0.257 e. The van der Waals surface area contributed by atoms with Crippen molar-refractivity contribution in [2.24, 2.45) is 0 Å². The second kappa shape index (κ2) is 8.45. The normalized spacial score (nSPS) is 14.2. The second-order valence-corrected chi connectivity index (χ2v) is 5.83. The van der Waals surface area contributed by atoms with E-state index in [-0.39, 0.29) is 30.4 Å². The Morgan fingerprint density at radius 3 is 2.64 bits per heavy atom. The van der Waals surface area contributed by atoms with E-state index in [0.29, 0.717) is 17.6 Å². The largest absolute Gasteiger partial charge is 0.339 e. The van der Waals surface area contributed by atoms with Crippen molar-refractivity contribution in [1.82, 2.24) is 15.1 Å². The maximum absolute atomic E-state index is 13.7. The number of nitrogens with one attached hydrogen (secondary N) is 1. The molecule has 1 N–H and O–H groups in total. The summed E-state index contributed by atoms with van der Waals surface area (Å²) in [5.74, 6) is -1.22.